The highest BCUT2D eigenvalue weighted by molar-refractivity contribution is 7.90. The topological polar surface area (TPSA) is 60.2 Å². The highest BCUT2D eigenvalue weighted by Crippen LogP contribution is 1.97. The van der Waals surface area contributed by atoms with E-state index in [0.29, 0.717) is 12.8 Å². The molecular weight excluding hydrogens is 162 g/mol. The van der Waals surface area contributed by atoms with Gasteiger partial charge in [0.05, 0.1) is 5.75 Å². The SMILES string of the molecule is C=CCC(N)CCS(C)(=O)=O. The standard InChI is InChI=1S/C7H15NO2S/c1-3-4-7(8)5-6-11(2,9)10/h3,7H,1,4-6,8H2,2H3. The summed E-state index contributed by atoms with van der Waals surface area (Å²) in [6.07, 6.45) is 4.11. The van der Waals surface area contributed by atoms with Crippen molar-refractivity contribution in [3.8, 4) is 0 Å². The van der Waals surface area contributed by atoms with Gasteiger partial charge in [-0.2, -0.15) is 0 Å². The van der Waals surface area contributed by atoms with E-state index < -0.39 is 9.84 Å². The van der Waals surface area contributed by atoms with Crippen LogP contribution in [0, 0.1) is 0 Å². The molecule has 1 atom stereocenters. The van der Waals surface area contributed by atoms with Crippen molar-refractivity contribution in [1.82, 2.24) is 0 Å². The molecule has 66 valence electrons. The molecule has 0 aromatic rings. The molecule has 0 amide bonds. The molecule has 0 bridgehead atoms. The van der Waals surface area contributed by atoms with Crippen LogP contribution in [0.25, 0.3) is 0 Å². The third kappa shape index (κ3) is 7.55. The van der Waals surface area contributed by atoms with Crippen LogP contribution in [0.15, 0.2) is 12.7 Å². The van der Waals surface area contributed by atoms with Crippen molar-refractivity contribution in [3.63, 3.8) is 0 Å². The summed E-state index contributed by atoms with van der Waals surface area (Å²) in [4.78, 5) is 0. The number of hydrogen-bond donors (Lipinski definition) is 1. The van der Waals surface area contributed by atoms with Gasteiger partial charge in [-0.3, -0.25) is 0 Å². The van der Waals surface area contributed by atoms with E-state index in [9.17, 15) is 8.42 Å². The molecule has 3 nitrogen and oxygen atoms in total. The highest BCUT2D eigenvalue weighted by atomic mass is 32.2. The van der Waals surface area contributed by atoms with E-state index in [1.165, 1.54) is 6.26 Å². The van der Waals surface area contributed by atoms with Crippen LogP contribution in [0.2, 0.25) is 0 Å². The van der Waals surface area contributed by atoms with Crippen molar-refractivity contribution in [2.45, 2.75) is 18.9 Å². The normalized spacial score (nSPS) is 14.4. The first kappa shape index (κ1) is 10.7. The number of sulfone groups is 1. The predicted molar refractivity (Wildman–Crippen MR) is 47.1 cm³/mol. The maximum Gasteiger partial charge on any atom is 0.147 e. The van der Waals surface area contributed by atoms with Crippen LogP contribution in [0.3, 0.4) is 0 Å². The van der Waals surface area contributed by atoms with Crippen molar-refractivity contribution >= 4 is 9.84 Å². The van der Waals surface area contributed by atoms with Crippen LogP contribution >= 0.6 is 0 Å². The van der Waals surface area contributed by atoms with Gasteiger partial charge in [0.15, 0.2) is 0 Å². The fourth-order valence-electron chi connectivity index (χ4n) is 0.697. The smallest absolute Gasteiger partial charge is 0.147 e. The van der Waals surface area contributed by atoms with Crippen molar-refractivity contribution in [3.05, 3.63) is 12.7 Å². The lowest BCUT2D eigenvalue weighted by Gasteiger charge is -2.06. The van der Waals surface area contributed by atoms with E-state index in [-0.39, 0.29) is 11.8 Å². The van der Waals surface area contributed by atoms with Crippen molar-refractivity contribution < 1.29 is 8.42 Å². The molecule has 0 heterocycles. The largest absolute Gasteiger partial charge is 0.327 e. The first-order chi connectivity index (χ1) is 4.95. The Hall–Kier alpha value is -0.350. The molecule has 0 aromatic carbocycles. The summed E-state index contributed by atoms with van der Waals surface area (Å²) in [6.45, 7) is 3.52. The second-order valence-electron chi connectivity index (χ2n) is 2.70. The van der Waals surface area contributed by atoms with Gasteiger partial charge in [0, 0.05) is 12.3 Å². The summed E-state index contributed by atoms with van der Waals surface area (Å²) >= 11 is 0. The molecule has 0 aromatic heterocycles. The van der Waals surface area contributed by atoms with E-state index in [0.717, 1.165) is 0 Å². The van der Waals surface area contributed by atoms with Crippen molar-refractivity contribution in [2.75, 3.05) is 12.0 Å². The van der Waals surface area contributed by atoms with E-state index in [2.05, 4.69) is 6.58 Å². The third-order valence-corrected chi connectivity index (χ3v) is 2.31. The lowest BCUT2D eigenvalue weighted by Crippen LogP contribution is -2.22. The molecule has 0 rings (SSSR count). The fourth-order valence-corrected chi connectivity index (χ4v) is 1.43. The summed E-state index contributed by atoms with van der Waals surface area (Å²) in [7, 11) is -2.85. The first-order valence-electron chi connectivity index (χ1n) is 3.50. The lowest BCUT2D eigenvalue weighted by atomic mass is 10.2. The summed E-state index contributed by atoms with van der Waals surface area (Å²) < 4.78 is 21.3. The monoisotopic (exact) mass is 177 g/mol. The van der Waals surface area contributed by atoms with Gasteiger partial charge in [-0.05, 0) is 12.8 Å². The Morgan fingerprint density at radius 1 is 1.64 bits per heavy atom. The minimum atomic E-state index is -2.85. The molecule has 2 N–H and O–H groups in total. The molecule has 0 spiro atoms. The van der Waals surface area contributed by atoms with E-state index >= 15 is 0 Å². The second-order valence-corrected chi connectivity index (χ2v) is 4.96. The van der Waals surface area contributed by atoms with Crippen LogP contribution < -0.4 is 5.73 Å². The zero-order valence-electron chi connectivity index (χ0n) is 6.79. The molecular formula is C7H15NO2S. The third-order valence-electron chi connectivity index (χ3n) is 1.33. The molecule has 0 saturated carbocycles. The Morgan fingerprint density at radius 3 is 2.55 bits per heavy atom. The minimum Gasteiger partial charge on any atom is -0.327 e. The van der Waals surface area contributed by atoms with Gasteiger partial charge in [-0.25, -0.2) is 8.42 Å². The Balaban J connectivity index is 3.62. The van der Waals surface area contributed by atoms with Gasteiger partial charge >= 0.3 is 0 Å². The van der Waals surface area contributed by atoms with E-state index in [1.54, 1.807) is 6.08 Å². The van der Waals surface area contributed by atoms with Crippen LogP contribution in [0.5, 0.6) is 0 Å². The predicted octanol–water partition coefficient (Wildman–Crippen LogP) is 0.325. The van der Waals surface area contributed by atoms with Crippen molar-refractivity contribution in [2.24, 2.45) is 5.73 Å². The summed E-state index contributed by atoms with van der Waals surface area (Å²) in [5.74, 6) is 0.169. The molecule has 0 saturated heterocycles. The summed E-state index contributed by atoms with van der Waals surface area (Å²) in [6, 6.07) is -0.0674. The Morgan fingerprint density at radius 2 is 2.18 bits per heavy atom. The maximum absolute atomic E-state index is 10.7. The Kier molecular flexibility index (Phi) is 4.37. The van der Waals surface area contributed by atoms with E-state index in [1.807, 2.05) is 0 Å². The van der Waals surface area contributed by atoms with Crippen LogP contribution in [0.1, 0.15) is 12.8 Å². The molecule has 11 heavy (non-hydrogen) atoms. The number of rotatable bonds is 5. The van der Waals surface area contributed by atoms with Crippen LogP contribution in [-0.4, -0.2) is 26.5 Å². The fraction of sp³-hybridized carbons (Fsp3) is 0.714. The minimum absolute atomic E-state index is 0.0674. The average molecular weight is 177 g/mol. The molecule has 1 unspecified atom stereocenters. The number of nitrogens with two attached hydrogens (primary N) is 1. The molecule has 4 heteroatoms. The highest BCUT2D eigenvalue weighted by Gasteiger charge is 2.05. The van der Waals surface area contributed by atoms with Gasteiger partial charge < -0.3 is 5.73 Å². The van der Waals surface area contributed by atoms with Gasteiger partial charge in [0.1, 0.15) is 9.84 Å². The van der Waals surface area contributed by atoms with Gasteiger partial charge in [-0.15, -0.1) is 6.58 Å². The van der Waals surface area contributed by atoms with Gasteiger partial charge in [-0.1, -0.05) is 6.08 Å². The molecule has 0 fully saturated rings. The average Bonchev–Trinajstić information content (AvgIpc) is 1.83. The number of hydrogen-bond acceptors (Lipinski definition) is 3. The molecule has 0 aliphatic carbocycles. The summed E-state index contributed by atoms with van der Waals surface area (Å²) in [5.41, 5.74) is 5.56. The molecule has 0 aliphatic heterocycles. The van der Waals surface area contributed by atoms with Gasteiger partial charge in [0.25, 0.3) is 0 Å². The zero-order chi connectivity index (χ0) is 8.91. The maximum atomic E-state index is 10.7. The quantitative estimate of drug-likeness (QED) is 0.615. The van der Waals surface area contributed by atoms with Gasteiger partial charge in [0.2, 0.25) is 0 Å². The molecule has 0 aliphatic rings. The van der Waals surface area contributed by atoms with Crippen molar-refractivity contribution in [1.29, 1.82) is 0 Å². The zero-order valence-corrected chi connectivity index (χ0v) is 7.60. The lowest BCUT2D eigenvalue weighted by molar-refractivity contribution is 0.588. The molecule has 0 radical (unpaired) electrons. The Labute approximate surface area is 68.2 Å². The second kappa shape index (κ2) is 4.51. The summed E-state index contributed by atoms with van der Waals surface area (Å²) in [5, 5.41) is 0. The van der Waals surface area contributed by atoms with E-state index in [4.69, 9.17) is 5.73 Å². The first-order valence-corrected chi connectivity index (χ1v) is 5.56. The van der Waals surface area contributed by atoms with Crippen LogP contribution in [-0.2, 0) is 9.84 Å². The Bertz CT molecular complexity index is 208. The van der Waals surface area contributed by atoms with Crippen LogP contribution in [0.4, 0.5) is 0 Å².